The van der Waals surface area contributed by atoms with Crippen LogP contribution in [-0.4, -0.2) is 25.2 Å². The molecule has 1 heterocycles. The van der Waals surface area contributed by atoms with Crippen LogP contribution in [0.1, 0.15) is 12.8 Å². The Kier molecular flexibility index (Phi) is 3.69. The zero-order valence-electron chi connectivity index (χ0n) is 9.30. The Morgan fingerprint density at radius 1 is 1.44 bits per heavy atom. The summed E-state index contributed by atoms with van der Waals surface area (Å²) >= 11 is 6.14. The Labute approximate surface area is 101 Å². The molecule has 0 bridgehead atoms. The Hall–Kier alpha value is -0.770. The molecule has 0 aromatic heterocycles. The maximum Gasteiger partial charge on any atom is 0.0637 e. The molecule has 4 heteroatoms. The van der Waals surface area contributed by atoms with Gasteiger partial charge in [0.15, 0.2) is 0 Å². The highest BCUT2D eigenvalue weighted by Crippen LogP contribution is 2.27. The lowest BCUT2D eigenvalue weighted by atomic mass is 9.90. The van der Waals surface area contributed by atoms with Crippen molar-refractivity contribution in [3.8, 4) is 0 Å². The Bertz CT molecular complexity index is 348. The van der Waals surface area contributed by atoms with E-state index in [1.165, 1.54) is 0 Å². The van der Waals surface area contributed by atoms with Gasteiger partial charge in [-0.05, 0) is 31.5 Å². The molecule has 0 spiro atoms. The maximum atomic E-state index is 6.14. The molecule has 1 unspecified atom stereocenters. The normalized spacial score (nSPS) is 25.4. The minimum absolute atomic E-state index is 0.0523. The molecule has 4 N–H and O–H groups in total. The molecule has 1 aromatic carbocycles. The van der Waals surface area contributed by atoms with Gasteiger partial charge in [-0.25, -0.2) is 0 Å². The van der Waals surface area contributed by atoms with Gasteiger partial charge >= 0.3 is 0 Å². The van der Waals surface area contributed by atoms with E-state index in [1.54, 1.807) is 0 Å². The third-order valence-corrected chi connectivity index (χ3v) is 3.47. The fourth-order valence-corrected chi connectivity index (χ4v) is 2.33. The van der Waals surface area contributed by atoms with Crippen molar-refractivity contribution < 1.29 is 0 Å². The van der Waals surface area contributed by atoms with Gasteiger partial charge < -0.3 is 16.4 Å². The van der Waals surface area contributed by atoms with Crippen LogP contribution in [0.5, 0.6) is 0 Å². The standard InChI is InChI=1S/C12H18ClN3/c13-10-4-1-2-5-11(10)16-12(8-14)6-3-7-15-9-12/h1-2,4-5,15-16H,3,6-9,14H2. The monoisotopic (exact) mass is 239 g/mol. The summed E-state index contributed by atoms with van der Waals surface area (Å²) in [6.07, 6.45) is 2.23. The number of rotatable bonds is 3. The predicted octanol–water partition coefficient (Wildman–Crippen LogP) is 1.83. The molecule has 88 valence electrons. The first-order chi connectivity index (χ1) is 7.76. The van der Waals surface area contributed by atoms with E-state index in [2.05, 4.69) is 10.6 Å². The van der Waals surface area contributed by atoms with Crippen molar-refractivity contribution in [2.24, 2.45) is 5.73 Å². The molecule has 3 nitrogen and oxygen atoms in total. The minimum atomic E-state index is -0.0523. The third kappa shape index (κ3) is 2.48. The highest BCUT2D eigenvalue weighted by molar-refractivity contribution is 6.33. The highest BCUT2D eigenvalue weighted by Gasteiger charge is 2.30. The second-order valence-corrected chi connectivity index (χ2v) is 4.78. The van der Waals surface area contributed by atoms with Crippen molar-refractivity contribution in [1.82, 2.24) is 5.32 Å². The first-order valence-corrected chi connectivity index (χ1v) is 6.07. The molecule has 1 fully saturated rings. The number of nitrogens with one attached hydrogen (secondary N) is 2. The van der Waals surface area contributed by atoms with Gasteiger partial charge in [0, 0.05) is 13.1 Å². The maximum absolute atomic E-state index is 6.14. The van der Waals surface area contributed by atoms with Crippen LogP contribution in [0.15, 0.2) is 24.3 Å². The van der Waals surface area contributed by atoms with Crippen LogP contribution < -0.4 is 16.4 Å². The van der Waals surface area contributed by atoms with Crippen molar-refractivity contribution in [3.05, 3.63) is 29.3 Å². The van der Waals surface area contributed by atoms with Crippen LogP contribution in [0.25, 0.3) is 0 Å². The number of piperidine rings is 1. The smallest absolute Gasteiger partial charge is 0.0637 e. The molecule has 16 heavy (non-hydrogen) atoms. The second-order valence-electron chi connectivity index (χ2n) is 4.37. The lowest BCUT2D eigenvalue weighted by Gasteiger charge is -2.38. The Morgan fingerprint density at radius 3 is 2.88 bits per heavy atom. The quantitative estimate of drug-likeness (QED) is 0.755. The zero-order chi connectivity index (χ0) is 11.4. The Morgan fingerprint density at radius 2 is 2.25 bits per heavy atom. The van der Waals surface area contributed by atoms with E-state index in [4.69, 9.17) is 17.3 Å². The number of hydrogen-bond acceptors (Lipinski definition) is 3. The predicted molar refractivity (Wildman–Crippen MR) is 69.0 cm³/mol. The van der Waals surface area contributed by atoms with Crippen LogP contribution >= 0.6 is 11.6 Å². The minimum Gasteiger partial charge on any atom is -0.376 e. The van der Waals surface area contributed by atoms with E-state index in [-0.39, 0.29) is 5.54 Å². The van der Waals surface area contributed by atoms with Crippen molar-refractivity contribution in [3.63, 3.8) is 0 Å². The first kappa shape index (κ1) is 11.7. The van der Waals surface area contributed by atoms with Crippen LogP contribution in [0.4, 0.5) is 5.69 Å². The molecular formula is C12H18ClN3. The summed E-state index contributed by atoms with van der Waals surface area (Å²) < 4.78 is 0. The van der Waals surface area contributed by atoms with Crippen LogP contribution in [0.3, 0.4) is 0 Å². The van der Waals surface area contributed by atoms with Gasteiger partial charge in [0.2, 0.25) is 0 Å². The number of para-hydroxylation sites is 1. The summed E-state index contributed by atoms with van der Waals surface area (Å²) in [7, 11) is 0. The topological polar surface area (TPSA) is 50.1 Å². The highest BCUT2D eigenvalue weighted by atomic mass is 35.5. The van der Waals surface area contributed by atoms with E-state index in [9.17, 15) is 0 Å². The van der Waals surface area contributed by atoms with Crippen LogP contribution in [-0.2, 0) is 0 Å². The first-order valence-electron chi connectivity index (χ1n) is 5.69. The van der Waals surface area contributed by atoms with Crippen molar-refractivity contribution in [2.45, 2.75) is 18.4 Å². The SMILES string of the molecule is NCC1(Nc2ccccc2Cl)CCCNC1. The van der Waals surface area contributed by atoms with Gasteiger partial charge in [-0.1, -0.05) is 23.7 Å². The molecule has 1 aromatic rings. The molecule has 1 aliphatic heterocycles. The van der Waals surface area contributed by atoms with Gasteiger partial charge in [0.1, 0.15) is 0 Å². The van der Waals surface area contributed by atoms with Crippen LogP contribution in [0, 0.1) is 0 Å². The van der Waals surface area contributed by atoms with Crippen molar-refractivity contribution >= 4 is 17.3 Å². The molecule has 0 saturated carbocycles. The summed E-state index contributed by atoms with van der Waals surface area (Å²) in [5.41, 5.74) is 6.81. The van der Waals surface area contributed by atoms with Crippen LogP contribution in [0.2, 0.25) is 5.02 Å². The summed E-state index contributed by atoms with van der Waals surface area (Å²) in [4.78, 5) is 0. The number of anilines is 1. The largest absolute Gasteiger partial charge is 0.376 e. The number of benzene rings is 1. The number of hydrogen-bond donors (Lipinski definition) is 3. The Balaban J connectivity index is 2.15. The molecule has 0 aliphatic carbocycles. The fourth-order valence-electron chi connectivity index (χ4n) is 2.15. The van der Waals surface area contributed by atoms with E-state index < -0.39 is 0 Å². The summed E-state index contributed by atoms with van der Waals surface area (Å²) in [6, 6.07) is 7.80. The lowest BCUT2D eigenvalue weighted by molar-refractivity contribution is 0.350. The lowest BCUT2D eigenvalue weighted by Crippen LogP contribution is -2.56. The molecule has 2 rings (SSSR count). The summed E-state index contributed by atoms with van der Waals surface area (Å²) in [6.45, 7) is 2.59. The summed E-state index contributed by atoms with van der Waals surface area (Å²) in [5, 5.41) is 7.62. The average Bonchev–Trinajstić information content (AvgIpc) is 2.33. The zero-order valence-corrected chi connectivity index (χ0v) is 10.1. The van der Waals surface area contributed by atoms with Gasteiger partial charge in [0.05, 0.1) is 16.2 Å². The molecular weight excluding hydrogens is 222 g/mol. The second kappa shape index (κ2) is 5.04. The van der Waals surface area contributed by atoms with Gasteiger partial charge in [0.25, 0.3) is 0 Å². The molecule has 1 atom stereocenters. The third-order valence-electron chi connectivity index (χ3n) is 3.14. The summed E-state index contributed by atoms with van der Waals surface area (Å²) in [5.74, 6) is 0. The molecule has 1 saturated heterocycles. The van der Waals surface area contributed by atoms with Crippen molar-refractivity contribution in [1.29, 1.82) is 0 Å². The van der Waals surface area contributed by atoms with E-state index in [0.29, 0.717) is 6.54 Å². The average molecular weight is 240 g/mol. The van der Waals surface area contributed by atoms with Gasteiger partial charge in [-0.15, -0.1) is 0 Å². The molecule has 1 aliphatic rings. The number of halogens is 1. The molecule has 0 radical (unpaired) electrons. The molecule has 0 amide bonds. The number of nitrogens with two attached hydrogens (primary N) is 1. The van der Waals surface area contributed by atoms with Gasteiger partial charge in [-0.2, -0.15) is 0 Å². The fraction of sp³-hybridized carbons (Fsp3) is 0.500. The van der Waals surface area contributed by atoms with Gasteiger partial charge in [-0.3, -0.25) is 0 Å². The van der Waals surface area contributed by atoms with E-state index in [0.717, 1.165) is 36.6 Å². The van der Waals surface area contributed by atoms with E-state index >= 15 is 0 Å². The van der Waals surface area contributed by atoms with E-state index in [1.807, 2.05) is 24.3 Å². The van der Waals surface area contributed by atoms with Crippen molar-refractivity contribution in [2.75, 3.05) is 25.0 Å².